The third-order valence-electron chi connectivity index (χ3n) is 11.7. The van der Waals surface area contributed by atoms with Crippen molar-refractivity contribution in [3.63, 3.8) is 0 Å². The number of hydrogen-bond donors (Lipinski definition) is 0. The minimum Gasteiger partial charge on any atom is -0.652 e. The van der Waals surface area contributed by atoms with Gasteiger partial charge in [-0.2, -0.15) is 0 Å². The molecule has 13 heteroatoms. The van der Waals surface area contributed by atoms with Crippen LogP contribution in [0.1, 0.15) is 103 Å². The van der Waals surface area contributed by atoms with Gasteiger partial charge in [0, 0.05) is 105 Å². The highest BCUT2D eigenvalue weighted by molar-refractivity contribution is 7.67. The second kappa shape index (κ2) is 17.2. The zero-order valence-corrected chi connectivity index (χ0v) is 30.6. The van der Waals surface area contributed by atoms with Crippen molar-refractivity contribution < 1.29 is 15.0 Å². The summed E-state index contributed by atoms with van der Waals surface area (Å²) in [5.41, 5.74) is 0. The molecule has 8 aliphatic heterocycles. The Labute approximate surface area is 281 Å². The monoisotopic (exact) mass is 682 g/mol. The van der Waals surface area contributed by atoms with E-state index in [4.69, 9.17) is 15.0 Å². The second-order valence-electron chi connectivity index (χ2n) is 14.6. The van der Waals surface area contributed by atoms with Crippen LogP contribution in [0.2, 0.25) is 0 Å². The van der Waals surface area contributed by atoms with Crippen LogP contribution in [0.25, 0.3) is 0 Å². The molecule has 8 saturated heterocycles. The van der Waals surface area contributed by atoms with E-state index in [1.165, 1.54) is 207 Å². The molecule has 11 nitrogen and oxygen atoms in total. The van der Waals surface area contributed by atoms with Crippen molar-refractivity contribution in [2.45, 2.75) is 103 Å². The van der Waals surface area contributed by atoms with Gasteiger partial charge in [-0.1, -0.05) is 0 Å². The lowest BCUT2D eigenvalue weighted by Gasteiger charge is -2.47. The molecule has 8 heterocycles. The molecule has 0 spiro atoms. The smallest absolute Gasteiger partial charge is 0.308 e. The number of carboxylic acid groups (broad SMARTS) is 2. The van der Waals surface area contributed by atoms with Gasteiger partial charge in [-0.25, -0.2) is 0 Å². The van der Waals surface area contributed by atoms with Crippen molar-refractivity contribution in [1.82, 2.24) is 37.4 Å². The summed E-state index contributed by atoms with van der Waals surface area (Å²) in [4.78, 5) is 8.33. The van der Waals surface area contributed by atoms with Gasteiger partial charge in [0.05, 0.1) is 0 Å². The van der Waals surface area contributed by atoms with Crippen LogP contribution in [0.5, 0.6) is 0 Å². The zero-order valence-electron chi connectivity index (χ0n) is 28.8. The molecule has 0 unspecified atom stereocenters. The van der Waals surface area contributed by atoms with Gasteiger partial charge in [-0.15, -0.1) is 37.4 Å². The standard InChI is InChI=1S/2C16H32N4P.CH2O3/c2*1-2-10-17(9-1)21(18-11-3-4-12-18,19-13-5-6-14-19)20-15-7-8-16-20;2-1(3)4/h2*1-16H2;(H2,2,3,4)/q2*+1;/p-2. The maximum atomic E-state index is 8.33. The highest BCUT2D eigenvalue weighted by Crippen LogP contribution is 2.74. The SMILES string of the molecule is C1CCN([P+](N2CCCC2)(N2CCCC2)N2CCCC2)C1.C1CCN([P+](N2CCCC2)(N2CCCC2)N2CCCC2)C1.O=C([O-])[O-]. The maximum Gasteiger partial charge on any atom is 0.308 e. The van der Waals surface area contributed by atoms with Gasteiger partial charge in [0.1, 0.15) is 0 Å². The molecule has 8 rings (SSSR count). The summed E-state index contributed by atoms with van der Waals surface area (Å²) in [7, 11) is -2.71. The molecule has 0 saturated carbocycles. The average molecular weight is 683 g/mol. The van der Waals surface area contributed by atoms with Crippen LogP contribution in [0, 0.1) is 0 Å². The molecular formula is C33H64N8O3P2. The van der Waals surface area contributed by atoms with Crippen molar-refractivity contribution in [2.75, 3.05) is 105 Å². The molecule has 46 heavy (non-hydrogen) atoms. The third-order valence-corrected chi connectivity index (χ3v) is 21.0. The van der Waals surface area contributed by atoms with Crippen molar-refractivity contribution >= 4 is 21.9 Å². The molecule has 0 amide bonds. The van der Waals surface area contributed by atoms with E-state index in [0.29, 0.717) is 0 Å². The maximum absolute atomic E-state index is 8.33. The van der Waals surface area contributed by atoms with Crippen LogP contribution in [0.15, 0.2) is 0 Å². The van der Waals surface area contributed by atoms with Crippen LogP contribution in [-0.2, 0) is 0 Å². The molecule has 0 atom stereocenters. The molecule has 264 valence electrons. The van der Waals surface area contributed by atoms with Crippen LogP contribution in [0.4, 0.5) is 4.79 Å². The van der Waals surface area contributed by atoms with Gasteiger partial charge < -0.3 is 15.0 Å². The summed E-state index contributed by atoms with van der Waals surface area (Å²) in [5, 5.41) is 16.7. The Morgan fingerprint density at radius 1 is 0.283 bits per heavy atom. The Morgan fingerprint density at radius 3 is 0.457 bits per heavy atom. The topological polar surface area (TPSA) is 89.1 Å². The molecule has 8 aliphatic rings. The Kier molecular flexibility index (Phi) is 13.3. The molecule has 0 N–H and O–H groups in total. The predicted octanol–water partition coefficient (Wildman–Crippen LogP) is 3.65. The largest absolute Gasteiger partial charge is 0.652 e. The van der Waals surface area contributed by atoms with E-state index >= 15 is 0 Å². The number of rotatable bonds is 8. The van der Waals surface area contributed by atoms with Crippen molar-refractivity contribution in [1.29, 1.82) is 0 Å². The summed E-state index contributed by atoms with van der Waals surface area (Å²) >= 11 is 0. The minimum atomic E-state index is -2.33. The lowest BCUT2D eigenvalue weighted by atomic mass is 10.4. The summed E-state index contributed by atoms with van der Waals surface area (Å²) in [6.45, 7) is 21.7. The van der Waals surface area contributed by atoms with Gasteiger partial charge >= 0.3 is 15.7 Å². The van der Waals surface area contributed by atoms with Crippen LogP contribution in [0.3, 0.4) is 0 Å². The quantitative estimate of drug-likeness (QED) is 0.352. The zero-order chi connectivity index (χ0) is 31.8. The van der Waals surface area contributed by atoms with E-state index in [9.17, 15) is 0 Å². The van der Waals surface area contributed by atoms with E-state index in [2.05, 4.69) is 37.4 Å². The first-order chi connectivity index (χ1) is 22.6. The number of carbonyl (C=O) groups is 1. The third kappa shape index (κ3) is 7.45. The van der Waals surface area contributed by atoms with Gasteiger partial charge in [0.15, 0.2) is 0 Å². The van der Waals surface area contributed by atoms with Crippen molar-refractivity contribution in [3.05, 3.63) is 0 Å². The van der Waals surface area contributed by atoms with E-state index in [-0.39, 0.29) is 0 Å². The predicted molar refractivity (Wildman–Crippen MR) is 186 cm³/mol. The van der Waals surface area contributed by atoms with E-state index in [0.717, 1.165) is 0 Å². The van der Waals surface area contributed by atoms with Crippen LogP contribution < -0.4 is 10.2 Å². The fourth-order valence-electron chi connectivity index (χ4n) is 9.90. The van der Waals surface area contributed by atoms with Gasteiger partial charge in [0.2, 0.25) is 0 Å². The Hall–Kier alpha value is -0.190. The normalized spacial score (nSPS) is 28.7. The second-order valence-corrected chi connectivity index (χ2v) is 21.3. The first kappa shape index (κ1) is 35.6. The fourth-order valence-corrected chi connectivity index (χ4v) is 20.7. The number of hydrogen-bond acceptors (Lipinski definition) is 11. The summed E-state index contributed by atoms with van der Waals surface area (Å²) in [6, 6.07) is 0. The van der Waals surface area contributed by atoms with Crippen LogP contribution >= 0.6 is 15.7 Å². The number of nitrogens with zero attached hydrogens (tertiary/aromatic N) is 8. The van der Waals surface area contributed by atoms with Gasteiger partial charge in [-0.05, 0) is 109 Å². The van der Waals surface area contributed by atoms with Crippen LogP contribution in [-0.4, -0.2) is 148 Å². The summed E-state index contributed by atoms with van der Waals surface area (Å²) < 4.78 is 23.7. The van der Waals surface area contributed by atoms with Gasteiger partial charge in [-0.3, -0.25) is 0 Å². The Morgan fingerprint density at radius 2 is 0.370 bits per heavy atom. The molecule has 0 bridgehead atoms. The van der Waals surface area contributed by atoms with E-state index < -0.39 is 21.9 Å². The molecule has 0 aromatic rings. The molecule has 0 aliphatic carbocycles. The lowest BCUT2D eigenvalue weighted by Crippen LogP contribution is -2.50. The number of carbonyl (C=O) groups excluding carboxylic acids is 1. The average Bonchev–Trinajstić information content (AvgIpc) is 3.94. The highest BCUT2D eigenvalue weighted by Gasteiger charge is 2.64. The fraction of sp³-hybridized carbons (Fsp3) is 0.970. The van der Waals surface area contributed by atoms with Crippen molar-refractivity contribution in [2.24, 2.45) is 0 Å². The van der Waals surface area contributed by atoms with E-state index in [1.54, 1.807) is 0 Å². The molecule has 0 radical (unpaired) electrons. The van der Waals surface area contributed by atoms with E-state index in [1.807, 2.05) is 0 Å². The first-order valence-corrected chi connectivity index (χ1v) is 22.5. The Bertz CT molecular complexity index is 709. The summed E-state index contributed by atoms with van der Waals surface area (Å²) in [6.07, 6.45) is 20.5. The lowest BCUT2D eigenvalue weighted by molar-refractivity contribution is -0.415. The van der Waals surface area contributed by atoms with Crippen molar-refractivity contribution in [3.8, 4) is 0 Å². The molecule has 0 aromatic carbocycles. The first-order valence-electron chi connectivity index (χ1n) is 19.3. The molecule has 8 fully saturated rings. The minimum absolute atomic E-state index is 1.35. The molecule has 0 aromatic heterocycles. The summed E-state index contributed by atoms with van der Waals surface area (Å²) in [5.74, 6) is 0. The van der Waals surface area contributed by atoms with Gasteiger partial charge in [0.25, 0.3) is 0 Å². The Balaban J connectivity index is 0.000000145. The highest BCUT2D eigenvalue weighted by atomic mass is 31.2. The molecular weight excluding hydrogens is 618 g/mol.